The fourth-order valence-corrected chi connectivity index (χ4v) is 3.06. The van der Waals surface area contributed by atoms with Gasteiger partial charge in [-0.05, 0) is 12.8 Å². The van der Waals surface area contributed by atoms with Gasteiger partial charge in [-0.3, -0.25) is 4.55 Å². The van der Waals surface area contributed by atoms with Crippen LogP contribution in [0.15, 0.2) is 0 Å². The standard InChI is InChI=1S/C8H17NO3S2/c10-14(11,12)6-8(13)9-7-4-2-1-3-5-7/h7-9,13H,1-6H2,(H,10,11,12). The molecule has 1 aliphatic rings. The molecule has 0 aromatic rings. The first-order valence-electron chi connectivity index (χ1n) is 4.86. The minimum Gasteiger partial charge on any atom is -0.302 e. The molecule has 0 aliphatic heterocycles. The first-order chi connectivity index (χ1) is 6.47. The van der Waals surface area contributed by atoms with Crippen LogP contribution in [-0.2, 0) is 10.1 Å². The van der Waals surface area contributed by atoms with E-state index in [4.69, 9.17) is 4.55 Å². The van der Waals surface area contributed by atoms with E-state index in [1.165, 1.54) is 19.3 Å². The Morgan fingerprint density at radius 3 is 2.43 bits per heavy atom. The summed E-state index contributed by atoms with van der Waals surface area (Å²) >= 11 is 4.08. The van der Waals surface area contributed by atoms with Gasteiger partial charge >= 0.3 is 0 Å². The maximum atomic E-state index is 10.6. The van der Waals surface area contributed by atoms with Gasteiger partial charge in [0, 0.05) is 6.04 Å². The van der Waals surface area contributed by atoms with Gasteiger partial charge in [-0.15, -0.1) is 0 Å². The maximum absolute atomic E-state index is 10.6. The number of rotatable bonds is 4. The van der Waals surface area contributed by atoms with Gasteiger partial charge in [-0.25, -0.2) is 0 Å². The van der Waals surface area contributed by atoms with Crippen molar-refractivity contribution >= 4 is 22.7 Å². The van der Waals surface area contributed by atoms with Gasteiger partial charge in [0.15, 0.2) is 0 Å². The minimum atomic E-state index is -3.91. The Hall–Kier alpha value is 0.220. The highest BCUT2D eigenvalue weighted by molar-refractivity contribution is 7.88. The molecule has 1 atom stereocenters. The summed E-state index contributed by atoms with van der Waals surface area (Å²) in [6, 6.07) is 0.355. The summed E-state index contributed by atoms with van der Waals surface area (Å²) in [7, 11) is -3.91. The molecule has 1 unspecified atom stereocenters. The van der Waals surface area contributed by atoms with E-state index in [1.54, 1.807) is 0 Å². The zero-order chi connectivity index (χ0) is 10.6. The topological polar surface area (TPSA) is 66.4 Å². The van der Waals surface area contributed by atoms with Gasteiger partial charge in [-0.1, -0.05) is 19.3 Å². The lowest BCUT2D eigenvalue weighted by atomic mass is 9.96. The number of hydrogen-bond donors (Lipinski definition) is 3. The summed E-state index contributed by atoms with van der Waals surface area (Å²) in [5.41, 5.74) is 0. The average Bonchev–Trinajstić information content (AvgIpc) is 2.02. The summed E-state index contributed by atoms with van der Waals surface area (Å²) < 4.78 is 29.7. The molecule has 0 heterocycles. The van der Waals surface area contributed by atoms with Crippen molar-refractivity contribution in [1.82, 2.24) is 5.32 Å². The summed E-state index contributed by atoms with van der Waals surface area (Å²) in [5, 5.41) is 2.64. The fraction of sp³-hybridized carbons (Fsp3) is 1.00. The molecule has 0 aromatic heterocycles. The van der Waals surface area contributed by atoms with Gasteiger partial charge in [0.1, 0.15) is 0 Å². The van der Waals surface area contributed by atoms with Crippen LogP contribution < -0.4 is 5.32 Å². The van der Waals surface area contributed by atoms with Crippen LogP contribution in [0.1, 0.15) is 32.1 Å². The van der Waals surface area contributed by atoms with E-state index in [0.29, 0.717) is 6.04 Å². The van der Waals surface area contributed by atoms with E-state index in [0.717, 1.165) is 12.8 Å². The maximum Gasteiger partial charge on any atom is 0.267 e. The molecule has 0 bridgehead atoms. The normalized spacial score (nSPS) is 22.1. The number of thiol groups is 1. The largest absolute Gasteiger partial charge is 0.302 e. The average molecular weight is 239 g/mol. The molecular weight excluding hydrogens is 222 g/mol. The van der Waals surface area contributed by atoms with Crippen LogP contribution in [0.2, 0.25) is 0 Å². The Morgan fingerprint density at radius 2 is 1.93 bits per heavy atom. The van der Waals surface area contributed by atoms with E-state index >= 15 is 0 Å². The fourth-order valence-electron chi connectivity index (χ4n) is 1.79. The number of nitrogens with one attached hydrogen (secondary N) is 1. The molecule has 0 spiro atoms. The Labute approximate surface area is 90.6 Å². The monoisotopic (exact) mass is 239 g/mol. The molecule has 84 valence electrons. The van der Waals surface area contributed by atoms with Crippen LogP contribution in [0, 0.1) is 0 Å². The summed E-state index contributed by atoms with van der Waals surface area (Å²) in [6.07, 6.45) is 5.77. The molecule has 1 fully saturated rings. The minimum absolute atomic E-state index is 0.327. The molecular formula is C8H17NO3S2. The molecule has 6 heteroatoms. The lowest BCUT2D eigenvalue weighted by molar-refractivity contribution is 0.371. The third-order valence-electron chi connectivity index (χ3n) is 2.40. The summed E-state index contributed by atoms with van der Waals surface area (Å²) in [4.78, 5) is 0. The molecule has 14 heavy (non-hydrogen) atoms. The van der Waals surface area contributed by atoms with Crippen molar-refractivity contribution in [3.63, 3.8) is 0 Å². The molecule has 0 radical (unpaired) electrons. The molecule has 0 aromatic carbocycles. The first kappa shape index (κ1) is 12.3. The Kier molecular flexibility index (Phi) is 4.69. The van der Waals surface area contributed by atoms with Crippen LogP contribution in [-0.4, -0.2) is 30.1 Å². The summed E-state index contributed by atoms with van der Waals surface area (Å²) in [5.74, 6) is -0.327. The lowest BCUT2D eigenvalue weighted by Crippen LogP contribution is -2.40. The van der Waals surface area contributed by atoms with E-state index in [2.05, 4.69) is 17.9 Å². The molecule has 4 nitrogen and oxygen atoms in total. The second kappa shape index (κ2) is 5.34. The van der Waals surface area contributed by atoms with Gasteiger partial charge in [-0.2, -0.15) is 21.0 Å². The summed E-state index contributed by atoms with van der Waals surface area (Å²) in [6.45, 7) is 0. The van der Waals surface area contributed by atoms with Crippen molar-refractivity contribution in [3.8, 4) is 0 Å². The molecule has 1 aliphatic carbocycles. The highest BCUT2D eigenvalue weighted by atomic mass is 32.2. The molecule has 0 saturated heterocycles. The first-order valence-corrected chi connectivity index (χ1v) is 6.99. The third-order valence-corrected chi connectivity index (χ3v) is 3.74. The zero-order valence-corrected chi connectivity index (χ0v) is 9.73. The highest BCUT2D eigenvalue weighted by Crippen LogP contribution is 2.18. The molecule has 0 amide bonds. The van der Waals surface area contributed by atoms with Crippen molar-refractivity contribution in [3.05, 3.63) is 0 Å². The van der Waals surface area contributed by atoms with Gasteiger partial charge in [0.25, 0.3) is 10.1 Å². The Morgan fingerprint density at radius 1 is 1.36 bits per heavy atom. The second-order valence-corrected chi connectivity index (χ2v) is 5.89. The number of hydrogen-bond acceptors (Lipinski definition) is 4. The Bertz CT molecular complexity index is 260. The van der Waals surface area contributed by atoms with Crippen LogP contribution in [0.3, 0.4) is 0 Å². The van der Waals surface area contributed by atoms with Crippen molar-refractivity contribution in [2.24, 2.45) is 0 Å². The quantitative estimate of drug-likeness (QED) is 0.390. The van der Waals surface area contributed by atoms with Crippen LogP contribution >= 0.6 is 12.6 Å². The molecule has 1 rings (SSSR count). The van der Waals surface area contributed by atoms with Crippen LogP contribution in [0.25, 0.3) is 0 Å². The van der Waals surface area contributed by atoms with Crippen molar-refractivity contribution in [1.29, 1.82) is 0 Å². The van der Waals surface area contributed by atoms with Crippen molar-refractivity contribution in [2.75, 3.05) is 5.75 Å². The SMILES string of the molecule is O=S(=O)(O)CC(S)NC1CCCCC1. The molecule has 2 N–H and O–H groups in total. The van der Waals surface area contributed by atoms with Crippen LogP contribution in [0.5, 0.6) is 0 Å². The van der Waals surface area contributed by atoms with E-state index in [-0.39, 0.29) is 5.75 Å². The predicted octanol–water partition coefficient (Wildman–Crippen LogP) is 1.05. The van der Waals surface area contributed by atoms with E-state index in [1.807, 2.05) is 0 Å². The van der Waals surface area contributed by atoms with Gasteiger partial charge in [0.05, 0.1) is 11.1 Å². The lowest BCUT2D eigenvalue weighted by Gasteiger charge is -2.25. The van der Waals surface area contributed by atoms with E-state index < -0.39 is 15.5 Å². The highest BCUT2D eigenvalue weighted by Gasteiger charge is 2.18. The second-order valence-electron chi connectivity index (χ2n) is 3.77. The van der Waals surface area contributed by atoms with Crippen molar-refractivity contribution in [2.45, 2.75) is 43.5 Å². The predicted molar refractivity (Wildman–Crippen MR) is 59.2 cm³/mol. The van der Waals surface area contributed by atoms with Gasteiger partial charge in [0.2, 0.25) is 0 Å². The third kappa shape index (κ3) is 5.19. The zero-order valence-electron chi connectivity index (χ0n) is 8.02. The Balaban J connectivity index is 2.28. The van der Waals surface area contributed by atoms with Crippen LogP contribution in [0.4, 0.5) is 0 Å². The molecule has 1 saturated carbocycles. The smallest absolute Gasteiger partial charge is 0.267 e. The van der Waals surface area contributed by atoms with E-state index in [9.17, 15) is 8.42 Å². The van der Waals surface area contributed by atoms with Crippen molar-refractivity contribution < 1.29 is 13.0 Å². The van der Waals surface area contributed by atoms with Gasteiger partial charge < -0.3 is 5.32 Å².